The summed E-state index contributed by atoms with van der Waals surface area (Å²) in [6.45, 7) is -2.92. The molecule has 26 heavy (non-hydrogen) atoms. The van der Waals surface area contributed by atoms with Crippen molar-refractivity contribution in [2.75, 3.05) is 6.26 Å². The van der Waals surface area contributed by atoms with Crippen LogP contribution in [0.3, 0.4) is 0 Å². The van der Waals surface area contributed by atoms with E-state index in [0.29, 0.717) is 10.6 Å². The highest BCUT2D eigenvalue weighted by atomic mass is 32.2. The fraction of sp³-hybridized carbons (Fsp3) is 0.200. The van der Waals surface area contributed by atoms with Crippen LogP contribution in [0, 0.1) is 17.2 Å². The molecule has 0 aromatic heterocycles. The van der Waals surface area contributed by atoms with E-state index >= 15 is 0 Å². The van der Waals surface area contributed by atoms with E-state index in [2.05, 4.69) is 15.8 Å². The molecule has 0 saturated carbocycles. The zero-order chi connectivity index (χ0) is 18.5. The van der Waals surface area contributed by atoms with Crippen LogP contribution >= 0.6 is 11.8 Å². The number of alkyl halides is 2. The van der Waals surface area contributed by atoms with Gasteiger partial charge in [0.2, 0.25) is 0 Å². The van der Waals surface area contributed by atoms with Crippen molar-refractivity contribution in [2.45, 2.75) is 12.5 Å². The molecule has 0 amide bonds. The number of thioether (sulfide) groups is 1. The smallest absolute Gasteiger partial charge is 0.387 e. The third-order valence-electron chi connectivity index (χ3n) is 4.11. The molecule has 0 saturated heterocycles. The second kappa shape index (κ2) is 8.15. The topological polar surface area (TPSA) is 45.4 Å². The summed E-state index contributed by atoms with van der Waals surface area (Å²) in [5.41, 5.74) is 2.18. The summed E-state index contributed by atoms with van der Waals surface area (Å²) >= 11 is 1.39. The van der Waals surface area contributed by atoms with Gasteiger partial charge in [0.05, 0.1) is 16.8 Å². The average Bonchev–Trinajstić information content (AvgIpc) is 2.67. The summed E-state index contributed by atoms with van der Waals surface area (Å²) in [6.07, 6.45) is 3.71. The van der Waals surface area contributed by atoms with Crippen molar-refractivity contribution in [3.05, 3.63) is 71.8 Å². The Morgan fingerprint density at radius 1 is 1.12 bits per heavy atom. The van der Waals surface area contributed by atoms with E-state index in [4.69, 9.17) is 0 Å². The molecule has 0 bridgehead atoms. The summed E-state index contributed by atoms with van der Waals surface area (Å²) in [6, 6.07) is 18.5. The molecule has 3 nitrogen and oxygen atoms in total. The van der Waals surface area contributed by atoms with Crippen LogP contribution in [0.5, 0.6) is 5.75 Å². The molecule has 0 fully saturated rings. The van der Waals surface area contributed by atoms with E-state index in [1.165, 1.54) is 17.8 Å². The average molecular weight is 370 g/mol. The van der Waals surface area contributed by atoms with Crippen molar-refractivity contribution in [1.82, 2.24) is 0 Å². The number of nitriles is 1. The lowest BCUT2D eigenvalue weighted by molar-refractivity contribution is -0.0505. The number of benzene rings is 2. The highest BCUT2D eigenvalue weighted by Crippen LogP contribution is 2.41. The molecule has 1 heterocycles. The van der Waals surface area contributed by atoms with Crippen molar-refractivity contribution in [2.24, 2.45) is 10.9 Å². The van der Waals surface area contributed by atoms with Crippen LogP contribution in [0.15, 0.2) is 65.7 Å². The fourth-order valence-corrected chi connectivity index (χ4v) is 3.59. The number of nitrogens with zero attached hydrogens (tertiary/aromatic N) is 2. The maximum Gasteiger partial charge on any atom is 0.387 e. The molecule has 3 rings (SSSR count). The largest absolute Gasteiger partial charge is 0.435 e. The monoisotopic (exact) mass is 370 g/mol. The predicted molar refractivity (Wildman–Crippen MR) is 100 cm³/mol. The molecule has 0 N–H and O–H groups in total. The minimum absolute atomic E-state index is 0.0822. The van der Waals surface area contributed by atoms with Crippen LogP contribution in [-0.2, 0) is 0 Å². The molecular formula is C20H16F2N2OS. The lowest BCUT2D eigenvalue weighted by Gasteiger charge is -2.26. The Morgan fingerprint density at radius 2 is 1.81 bits per heavy atom. The Kier molecular flexibility index (Phi) is 5.69. The second-order valence-electron chi connectivity index (χ2n) is 5.62. The summed E-state index contributed by atoms with van der Waals surface area (Å²) in [4.78, 5) is 4.62. The number of para-hydroxylation sites is 1. The third-order valence-corrected chi connectivity index (χ3v) is 4.87. The molecule has 2 atom stereocenters. The van der Waals surface area contributed by atoms with Gasteiger partial charge in [0.25, 0.3) is 0 Å². The van der Waals surface area contributed by atoms with Gasteiger partial charge in [0, 0.05) is 11.5 Å². The molecule has 0 spiro atoms. The van der Waals surface area contributed by atoms with Crippen LogP contribution in [0.25, 0.3) is 5.70 Å². The first-order valence-corrected chi connectivity index (χ1v) is 9.19. The molecule has 2 unspecified atom stereocenters. The van der Waals surface area contributed by atoms with Gasteiger partial charge in [0.15, 0.2) is 0 Å². The fourth-order valence-electron chi connectivity index (χ4n) is 2.95. The first-order chi connectivity index (χ1) is 12.6. The molecule has 6 heteroatoms. The van der Waals surface area contributed by atoms with Crippen molar-refractivity contribution < 1.29 is 13.5 Å². The zero-order valence-electron chi connectivity index (χ0n) is 14.0. The lowest BCUT2D eigenvalue weighted by atomic mass is 9.84. The Morgan fingerprint density at radius 3 is 2.46 bits per heavy atom. The molecule has 1 aliphatic rings. The summed E-state index contributed by atoms with van der Waals surface area (Å²) in [5.74, 6) is -0.899. The highest BCUT2D eigenvalue weighted by molar-refractivity contribution is 8.13. The molecular weight excluding hydrogens is 354 g/mol. The SMILES string of the molecule is CSC1=NC(c2ccccc2)=CC(c2ccccc2OC(F)F)C1C#N. The maximum absolute atomic E-state index is 12.8. The van der Waals surface area contributed by atoms with E-state index in [1.54, 1.807) is 18.2 Å². The molecule has 2 aromatic rings. The number of allylic oxidation sites excluding steroid dienone is 1. The quantitative estimate of drug-likeness (QED) is 0.731. The van der Waals surface area contributed by atoms with Gasteiger partial charge in [0.1, 0.15) is 11.7 Å². The van der Waals surface area contributed by atoms with Crippen LogP contribution in [0.2, 0.25) is 0 Å². The lowest BCUT2D eigenvalue weighted by Crippen LogP contribution is -2.22. The van der Waals surface area contributed by atoms with Crippen molar-refractivity contribution in [3.8, 4) is 11.8 Å². The first-order valence-electron chi connectivity index (χ1n) is 7.97. The molecule has 0 aliphatic carbocycles. The molecule has 2 aromatic carbocycles. The number of halogens is 2. The van der Waals surface area contributed by atoms with Gasteiger partial charge in [-0.15, -0.1) is 11.8 Å². The minimum atomic E-state index is -2.92. The summed E-state index contributed by atoms with van der Waals surface area (Å²) in [5, 5.41) is 10.3. The zero-order valence-corrected chi connectivity index (χ0v) is 14.8. The van der Waals surface area contributed by atoms with Gasteiger partial charge in [-0.3, -0.25) is 0 Å². The van der Waals surface area contributed by atoms with Gasteiger partial charge >= 0.3 is 6.61 Å². The van der Waals surface area contributed by atoms with Crippen molar-refractivity contribution in [1.29, 1.82) is 5.26 Å². The molecule has 132 valence electrons. The van der Waals surface area contributed by atoms with E-state index in [-0.39, 0.29) is 5.75 Å². The number of ether oxygens (including phenoxy) is 1. The maximum atomic E-state index is 12.8. The highest BCUT2D eigenvalue weighted by Gasteiger charge is 2.32. The number of hydrogen-bond acceptors (Lipinski definition) is 4. The van der Waals surface area contributed by atoms with Crippen LogP contribution in [-0.4, -0.2) is 17.9 Å². The number of hydrogen-bond donors (Lipinski definition) is 0. The molecule has 0 radical (unpaired) electrons. The van der Waals surface area contributed by atoms with E-state index in [0.717, 1.165) is 11.3 Å². The van der Waals surface area contributed by atoms with E-state index in [1.807, 2.05) is 42.7 Å². The van der Waals surface area contributed by atoms with Crippen LogP contribution in [0.4, 0.5) is 8.78 Å². The Labute approximate surface area is 155 Å². The Balaban J connectivity index is 2.11. The summed E-state index contributed by atoms with van der Waals surface area (Å²) in [7, 11) is 0. The van der Waals surface area contributed by atoms with Crippen molar-refractivity contribution >= 4 is 22.5 Å². The standard InChI is InChI=1S/C20H16F2N2OS/c1-26-19-16(12-23)15(11-17(24-19)13-7-3-2-4-8-13)14-9-5-6-10-18(14)25-20(21)22/h2-11,15-16,20H,1H3. The van der Waals surface area contributed by atoms with Crippen LogP contribution < -0.4 is 4.74 Å². The van der Waals surface area contributed by atoms with Gasteiger partial charge < -0.3 is 4.74 Å². The first kappa shape index (κ1) is 18.2. The van der Waals surface area contributed by atoms with E-state index in [9.17, 15) is 14.0 Å². The Bertz CT molecular complexity index is 875. The minimum Gasteiger partial charge on any atom is -0.435 e. The van der Waals surface area contributed by atoms with E-state index < -0.39 is 18.4 Å². The summed E-state index contributed by atoms with van der Waals surface area (Å²) < 4.78 is 30.3. The van der Waals surface area contributed by atoms with Crippen LogP contribution in [0.1, 0.15) is 17.0 Å². The van der Waals surface area contributed by atoms with Gasteiger partial charge in [-0.25, -0.2) is 4.99 Å². The van der Waals surface area contributed by atoms with Crippen molar-refractivity contribution in [3.63, 3.8) is 0 Å². The normalized spacial score (nSPS) is 19.5. The predicted octanol–water partition coefficient (Wildman–Crippen LogP) is 5.33. The Hall–Kier alpha value is -2.65. The number of aliphatic imine (C=N–C) groups is 1. The number of rotatable bonds is 4. The second-order valence-corrected chi connectivity index (χ2v) is 6.45. The van der Waals surface area contributed by atoms with Gasteiger partial charge in [-0.2, -0.15) is 14.0 Å². The molecule has 1 aliphatic heterocycles. The van der Waals surface area contributed by atoms with Gasteiger partial charge in [-0.05, 0) is 24.0 Å². The third kappa shape index (κ3) is 3.78. The van der Waals surface area contributed by atoms with Gasteiger partial charge in [-0.1, -0.05) is 48.5 Å².